The van der Waals surface area contributed by atoms with Gasteiger partial charge in [0.2, 0.25) is 11.8 Å². The molecule has 36 heavy (non-hydrogen) atoms. The molecule has 0 bridgehead atoms. The Balaban J connectivity index is 1.68. The molecule has 1 spiro atoms. The standard InChI is InChI=1S/C27H32ClN3O5/c1-4-16(2)19(15-32)31-23-26(35)30(18-10-6-5-9-17(18)28)14-8-12-27(23)22(25(31)34)21-20(36-27)11-7-13-29(3)24(21)33/h5-12,16,19-23,32H,4,13-15H2,1-3H3/t16-,19-,20-,21+,22-,23?,27-/m0/s1. The Bertz CT molecular complexity index is 1140. The molecule has 1 aromatic rings. The highest BCUT2D eigenvalue weighted by molar-refractivity contribution is 6.34. The van der Waals surface area contributed by atoms with E-state index in [1.165, 1.54) is 4.90 Å². The maximum absolute atomic E-state index is 14.4. The van der Waals surface area contributed by atoms with Gasteiger partial charge in [-0.05, 0) is 18.1 Å². The van der Waals surface area contributed by atoms with Crippen molar-refractivity contribution in [3.05, 3.63) is 53.6 Å². The topological polar surface area (TPSA) is 90.4 Å². The van der Waals surface area contributed by atoms with Gasteiger partial charge in [0.05, 0.1) is 41.3 Å². The van der Waals surface area contributed by atoms with E-state index in [9.17, 15) is 19.5 Å². The number of hydrogen-bond acceptors (Lipinski definition) is 5. The number of nitrogens with zero attached hydrogens (tertiary/aromatic N) is 3. The van der Waals surface area contributed by atoms with Gasteiger partial charge in [-0.1, -0.05) is 68.3 Å². The van der Waals surface area contributed by atoms with Crippen LogP contribution < -0.4 is 4.90 Å². The second-order valence-electron chi connectivity index (χ2n) is 10.2. The molecule has 0 aromatic heterocycles. The van der Waals surface area contributed by atoms with Crippen molar-refractivity contribution in [1.29, 1.82) is 0 Å². The quantitative estimate of drug-likeness (QED) is 0.610. The third-order valence-corrected chi connectivity index (χ3v) is 8.61. The zero-order valence-corrected chi connectivity index (χ0v) is 21.5. The molecule has 7 atom stereocenters. The summed E-state index contributed by atoms with van der Waals surface area (Å²) in [6, 6.07) is 5.43. The van der Waals surface area contributed by atoms with Crippen molar-refractivity contribution < 1.29 is 24.2 Å². The molecule has 5 rings (SSSR count). The van der Waals surface area contributed by atoms with E-state index in [1.807, 2.05) is 32.1 Å². The maximum atomic E-state index is 14.4. The van der Waals surface area contributed by atoms with Crippen LogP contribution in [0.2, 0.25) is 5.02 Å². The summed E-state index contributed by atoms with van der Waals surface area (Å²) < 4.78 is 6.61. The number of hydrogen-bond donors (Lipinski definition) is 1. The molecule has 0 aliphatic carbocycles. The van der Waals surface area contributed by atoms with E-state index < -0.39 is 35.6 Å². The monoisotopic (exact) mass is 513 g/mol. The van der Waals surface area contributed by atoms with Crippen molar-refractivity contribution in [2.75, 3.05) is 31.6 Å². The predicted molar refractivity (Wildman–Crippen MR) is 135 cm³/mol. The maximum Gasteiger partial charge on any atom is 0.253 e. The Morgan fingerprint density at radius 3 is 2.58 bits per heavy atom. The summed E-state index contributed by atoms with van der Waals surface area (Å²) in [6.07, 6.45) is 7.41. The van der Waals surface area contributed by atoms with Gasteiger partial charge < -0.3 is 24.5 Å². The number of fused-ring (bicyclic) bond motifs is 2. The Morgan fingerprint density at radius 1 is 1.14 bits per heavy atom. The Labute approximate surface area is 216 Å². The molecule has 1 N–H and O–H groups in total. The van der Waals surface area contributed by atoms with Gasteiger partial charge in [0.25, 0.3) is 5.91 Å². The van der Waals surface area contributed by atoms with Gasteiger partial charge in [-0.3, -0.25) is 14.4 Å². The van der Waals surface area contributed by atoms with Crippen molar-refractivity contribution in [3.63, 3.8) is 0 Å². The lowest BCUT2D eigenvalue weighted by atomic mass is 9.77. The van der Waals surface area contributed by atoms with Crippen molar-refractivity contribution >= 4 is 35.0 Å². The second kappa shape index (κ2) is 9.32. The predicted octanol–water partition coefficient (Wildman–Crippen LogP) is 2.26. The van der Waals surface area contributed by atoms with E-state index in [-0.39, 0.29) is 36.8 Å². The zero-order chi connectivity index (χ0) is 25.8. The summed E-state index contributed by atoms with van der Waals surface area (Å²) in [5.41, 5.74) is -0.799. The lowest BCUT2D eigenvalue weighted by Gasteiger charge is -2.40. The van der Waals surface area contributed by atoms with Crippen molar-refractivity contribution in [1.82, 2.24) is 9.80 Å². The molecule has 1 aromatic carbocycles. The molecule has 4 aliphatic rings. The normalized spacial score (nSPS) is 33.2. The molecular formula is C27H32ClN3O5. The first-order valence-electron chi connectivity index (χ1n) is 12.5. The van der Waals surface area contributed by atoms with Crippen LogP contribution in [0.4, 0.5) is 5.69 Å². The SMILES string of the molecule is CC[C@H](C)[C@H](CO)N1C(=O)[C@@H]2[C@@H]3C(=O)N(C)CC=C[C@@H]3O[C@@]23C=CCN(c2ccccc2Cl)C(=O)C13. The minimum Gasteiger partial charge on any atom is -0.394 e. The van der Waals surface area contributed by atoms with Gasteiger partial charge in [-0.15, -0.1) is 0 Å². The molecule has 0 radical (unpaired) electrons. The van der Waals surface area contributed by atoms with Gasteiger partial charge in [0.15, 0.2) is 0 Å². The number of rotatable bonds is 5. The Hall–Kier alpha value is -2.68. The van der Waals surface area contributed by atoms with E-state index in [0.717, 1.165) is 0 Å². The highest BCUT2D eigenvalue weighted by Crippen LogP contribution is 2.54. The summed E-state index contributed by atoms with van der Waals surface area (Å²) in [4.78, 5) is 46.8. The largest absolute Gasteiger partial charge is 0.394 e. The number of anilines is 1. The Kier molecular flexibility index (Phi) is 6.47. The number of ether oxygens (including phenoxy) is 1. The number of carbonyl (C=O) groups is 3. The van der Waals surface area contributed by atoms with Crippen LogP contribution in [-0.4, -0.2) is 83.2 Å². The fraction of sp³-hybridized carbons (Fsp3) is 0.519. The molecular weight excluding hydrogens is 482 g/mol. The Morgan fingerprint density at radius 2 is 1.89 bits per heavy atom. The molecule has 4 aliphatic heterocycles. The van der Waals surface area contributed by atoms with E-state index in [2.05, 4.69) is 0 Å². The number of benzene rings is 1. The molecule has 0 saturated carbocycles. The van der Waals surface area contributed by atoms with Crippen LogP contribution in [0.5, 0.6) is 0 Å². The number of para-hydroxylation sites is 1. The lowest BCUT2D eigenvalue weighted by molar-refractivity contribution is -0.147. The number of aliphatic hydroxyl groups excluding tert-OH is 1. The van der Waals surface area contributed by atoms with Crippen LogP contribution in [0.1, 0.15) is 20.3 Å². The van der Waals surface area contributed by atoms with Crippen molar-refractivity contribution in [2.24, 2.45) is 17.8 Å². The molecule has 3 amide bonds. The van der Waals surface area contributed by atoms with Gasteiger partial charge in [-0.25, -0.2) is 0 Å². The average Bonchev–Trinajstić information content (AvgIpc) is 3.19. The van der Waals surface area contributed by atoms with Gasteiger partial charge in [0, 0.05) is 20.1 Å². The van der Waals surface area contributed by atoms with E-state index in [1.54, 1.807) is 47.2 Å². The smallest absolute Gasteiger partial charge is 0.253 e. The first-order chi connectivity index (χ1) is 17.3. The second-order valence-corrected chi connectivity index (χ2v) is 10.6. The average molecular weight is 514 g/mol. The number of halogens is 1. The molecule has 192 valence electrons. The minimum absolute atomic E-state index is 0.0770. The highest BCUT2D eigenvalue weighted by atomic mass is 35.5. The van der Waals surface area contributed by atoms with Gasteiger partial charge in [-0.2, -0.15) is 0 Å². The molecule has 9 heteroatoms. The summed E-state index contributed by atoms with van der Waals surface area (Å²) in [5.74, 6) is -2.57. The van der Waals surface area contributed by atoms with Crippen molar-refractivity contribution in [3.8, 4) is 0 Å². The van der Waals surface area contributed by atoms with Crippen LogP contribution >= 0.6 is 11.6 Å². The van der Waals surface area contributed by atoms with Gasteiger partial charge >= 0.3 is 0 Å². The molecule has 2 saturated heterocycles. The van der Waals surface area contributed by atoms with Crippen LogP contribution in [-0.2, 0) is 19.1 Å². The number of aliphatic hydroxyl groups is 1. The summed E-state index contributed by atoms with van der Waals surface area (Å²) in [7, 11) is 1.71. The first kappa shape index (κ1) is 25.0. The minimum atomic E-state index is -1.33. The number of carbonyl (C=O) groups excluding carboxylic acids is 3. The lowest BCUT2D eigenvalue weighted by Crippen LogP contribution is -2.59. The summed E-state index contributed by atoms with van der Waals surface area (Å²) >= 11 is 6.48. The van der Waals surface area contributed by atoms with Crippen LogP contribution in [0.25, 0.3) is 0 Å². The number of likely N-dealkylation sites (N-methyl/N-ethyl adjacent to an activating group) is 1. The molecule has 8 nitrogen and oxygen atoms in total. The molecule has 1 unspecified atom stereocenters. The van der Waals surface area contributed by atoms with E-state index >= 15 is 0 Å². The summed E-state index contributed by atoms with van der Waals surface area (Å²) in [6.45, 7) is 4.30. The first-order valence-corrected chi connectivity index (χ1v) is 12.9. The fourth-order valence-corrected chi connectivity index (χ4v) is 6.50. The van der Waals surface area contributed by atoms with Gasteiger partial charge in [0.1, 0.15) is 11.6 Å². The zero-order valence-electron chi connectivity index (χ0n) is 20.7. The van der Waals surface area contributed by atoms with E-state index in [0.29, 0.717) is 23.7 Å². The van der Waals surface area contributed by atoms with E-state index in [4.69, 9.17) is 16.3 Å². The van der Waals surface area contributed by atoms with Crippen molar-refractivity contribution in [2.45, 2.75) is 44.1 Å². The summed E-state index contributed by atoms with van der Waals surface area (Å²) in [5, 5.41) is 10.8. The molecule has 2 fully saturated rings. The van der Waals surface area contributed by atoms with Crippen LogP contribution in [0.15, 0.2) is 48.6 Å². The number of amides is 3. The highest BCUT2D eigenvalue weighted by Gasteiger charge is 2.72. The number of likely N-dealkylation sites (tertiary alicyclic amines) is 1. The third kappa shape index (κ3) is 3.53. The third-order valence-electron chi connectivity index (χ3n) is 8.29. The van der Waals surface area contributed by atoms with Crippen LogP contribution in [0, 0.1) is 17.8 Å². The fourth-order valence-electron chi connectivity index (χ4n) is 6.26. The molecule has 4 heterocycles. The van der Waals surface area contributed by atoms with Crippen LogP contribution in [0.3, 0.4) is 0 Å².